The maximum Gasteiger partial charge on any atom is 0.184 e. The summed E-state index contributed by atoms with van der Waals surface area (Å²) in [5, 5.41) is 11.2. The molecule has 5 rings (SSSR count). The molecule has 3 aromatic carbocycles. The molecule has 2 atom stereocenters. The number of hydrogen-bond acceptors (Lipinski definition) is 7. The number of hydrogen-bond donors (Lipinski definition) is 3. The van der Waals surface area contributed by atoms with Crippen molar-refractivity contribution in [2.75, 3.05) is 17.2 Å². The van der Waals surface area contributed by atoms with Gasteiger partial charge in [-0.15, -0.1) is 0 Å². The number of benzene rings is 3. The fourth-order valence-corrected chi connectivity index (χ4v) is 3.94. The Hall–Kier alpha value is -3.46. The number of nitrogens with one attached hydrogen (secondary N) is 3. The summed E-state index contributed by atoms with van der Waals surface area (Å²) in [5.41, 5.74) is 3.16. The van der Waals surface area contributed by atoms with Crippen LogP contribution in [0.5, 0.6) is 5.75 Å². The molecule has 174 valence electrons. The van der Waals surface area contributed by atoms with Gasteiger partial charge in [0.2, 0.25) is 0 Å². The molecule has 7 nitrogen and oxygen atoms in total. The first-order chi connectivity index (χ1) is 16.5. The molecular formula is C25H23ClFN5O2. The second kappa shape index (κ2) is 9.80. The van der Waals surface area contributed by atoms with Gasteiger partial charge in [-0.25, -0.2) is 14.4 Å². The normalized spacial score (nSPS) is 17.6. The fraction of sp³-hybridized carbons (Fsp3) is 0.200. The van der Waals surface area contributed by atoms with Crippen molar-refractivity contribution < 1.29 is 13.9 Å². The smallest absolute Gasteiger partial charge is 0.184 e. The van der Waals surface area contributed by atoms with Crippen molar-refractivity contribution in [3.05, 3.63) is 83.4 Å². The Labute approximate surface area is 201 Å². The quantitative estimate of drug-likeness (QED) is 0.325. The van der Waals surface area contributed by atoms with Crippen LogP contribution in [0.2, 0.25) is 5.02 Å². The Bertz CT molecular complexity index is 1320. The average Bonchev–Trinajstić information content (AvgIpc) is 3.23. The molecule has 3 N–H and O–H groups in total. The number of aromatic nitrogens is 2. The molecule has 0 amide bonds. The van der Waals surface area contributed by atoms with Gasteiger partial charge in [0.1, 0.15) is 30.3 Å². The van der Waals surface area contributed by atoms with Crippen LogP contribution in [0.4, 0.5) is 21.6 Å². The van der Waals surface area contributed by atoms with E-state index in [2.05, 4.69) is 25.9 Å². The third kappa shape index (κ3) is 5.20. The maximum absolute atomic E-state index is 13.4. The van der Waals surface area contributed by atoms with Crippen LogP contribution in [0.25, 0.3) is 10.9 Å². The summed E-state index contributed by atoms with van der Waals surface area (Å²) in [6.07, 6.45) is 1.43. The first kappa shape index (κ1) is 22.3. The summed E-state index contributed by atoms with van der Waals surface area (Å²) in [4.78, 5) is 8.78. The molecule has 1 aromatic heterocycles. The standard InChI is InChI=1S/C25H23ClFN5O2/c1-15-12-28-25(34-15)32-18-5-7-22-20(10-18)24(30-14-29-22)31-19-6-8-23(21(26)11-19)33-13-16-3-2-4-17(27)9-16/h2-11,14-15,25,28,32H,12-13H2,1H3,(H,29,30,31). The zero-order chi connectivity index (χ0) is 23.5. The lowest BCUT2D eigenvalue weighted by atomic mass is 10.2. The van der Waals surface area contributed by atoms with Crippen LogP contribution in [0, 0.1) is 5.82 Å². The highest BCUT2D eigenvalue weighted by Crippen LogP contribution is 2.31. The number of fused-ring (bicyclic) bond motifs is 1. The third-order valence-corrected chi connectivity index (χ3v) is 5.67. The van der Waals surface area contributed by atoms with Gasteiger partial charge < -0.3 is 20.1 Å². The van der Waals surface area contributed by atoms with E-state index >= 15 is 0 Å². The average molecular weight is 480 g/mol. The van der Waals surface area contributed by atoms with Gasteiger partial charge >= 0.3 is 0 Å². The summed E-state index contributed by atoms with van der Waals surface area (Å²) in [6, 6.07) is 17.5. The van der Waals surface area contributed by atoms with Crippen LogP contribution in [-0.2, 0) is 11.3 Å². The van der Waals surface area contributed by atoms with Gasteiger partial charge in [-0.1, -0.05) is 23.7 Å². The van der Waals surface area contributed by atoms with Gasteiger partial charge in [-0.2, -0.15) is 0 Å². The lowest BCUT2D eigenvalue weighted by Crippen LogP contribution is -2.30. The molecule has 1 aliphatic heterocycles. The summed E-state index contributed by atoms with van der Waals surface area (Å²) in [6.45, 7) is 3.03. The van der Waals surface area contributed by atoms with Crippen LogP contribution in [0.15, 0.2) is 67.0 Å². The van der Waals surface area contributed by atoms with Gasteiger partial charge in [-0.3, -0.25) is 5.32 Å². The molecule has 2 heterocycles. The highest BCUT2D eigenvalue weighted by atomic mass is 35.5. The van der Waals surface area contributed by atoms with Crippen LogP contribution in [-0.4, -0.2) is 29.0 Å². The van der Waals surface area contributed by atoms with E-state index < -0.39 is 0 Å². The predicted octanol–water partition coefficient (Wildman–Crippen LogP) is 5.45. The number of nitrogens with zero attached hydrogens (tertiary/aromatic N) is 2. The number of anilines is 3. The first-order valence-corrected chi connectivity index (χ1v) is 11.3. The van der Waals surface area contributed by atoms with Crippen LogP contribution in [0.3, 0.4) is 0 Å². The largest absolute Gasteiger partial charge is 0.487 e. The number of halogens is 2. The van der Waals surface area contributed by atoms with Crippen molar-refractivity contribution in [1.82, 2.24) is 15.3 Å². The molecule has 1 aliphatic rings. The topological polar surface area (TPSA) is 80.3 Å². The van der Waals surface area contributed by atoms with Crippen molar-refractivity contribution in [1.29, 1.82) is 0 Å². The zero-order valence-corrected chi connectivity index (χ0v) is 19.1. The van der Waals surface area contributed by atoms with Crippen molar-refractivity contribution >= 4 is 39.7 Å². The molecule has 9 heteroatoms. The Kier molecular flexibility index (Phi) is 6.44. The van der Waals surface area contributed by atoms with E-state index in [9.17, 15) is 4.39 Å². The minimum atomic E-state index is -0.302. The van der Waals surface area contributed by atoms with Crippen molar-refractivity contribution in [3.63, 3.8) is 0 Å². The molecule has 0 bridgehead atoms. The number of ether oxygens (including phenoxy) is 2. The van der Waals surface area contributed by atoms with Gasteiger partial charge in [-0.05, 0) is 61.0 Å². The lowest BCUT2D eigenvalue weighted by molar-refractivity contribution is 0.0693. The van der Waals surface area contributed by atoms with E-state index in [1.54, 1.807) is 24.3 Å². The highest BCUT2D eigenvalue weighted by molar-refractivity contribution is 6.32. The van der Waals surface area contributed by atoms with Crippen LogP contribution < -0.4 is 20.7 Å². The van der Waals surface area contributed by atoms with E-state index in [1.807, 2.05) is 31.2 Å². The van der Waals surface area contributed by atoms with E-state index in [0.29, 0.717) is 16.6 Å². The molecule has 4 aromatic rings. The van der Waals surface area contributed by atoms with E-state index in [1.165, 1.54) is 18.5 Å². The molecule has 34 heavy (non-hydrogen) atoms. The van der Waals surface area contributed by atoms with E-state index in [4.69, 9.17) is 21.1 Å². The molecule has 1 saturated heterocycles. The van der Waals surface area contributed by atoms with Crippen molar-refractivity contribution in [2.24, 2.45) is 0 Å². The summed E-state index contributed by atoms with van der Waals surface area (Å²) < 4.78 is 24.9. The summed E-state index contributed by atoms with van der Waals surface area (Å²) in [5.74, 6) is 0.851. The monoisotopic (exact) mass is 479 g/mol. The van der Waals surface area contributed by atoms with Crippen molar-refractivity contribution in [3.8, 4) is 5.75 Å². The Morgan fingerprint density at radius 2 is 2.00 bits per heavy atom. The SMILES string of the molecule is CC1CNC(Nc2ccc3ncnc(Nc4ccc(OCc5cccc(F)c5)c(Cl)c4)c3c2)O1. The van der Waals surface area contributed by atoms with Gasteiger partial charge in [0.25, 0.3) is 0 Å². The maximum atomic E-state index is 13.4. The van der Waals surface area contributed by atoms with Crippen molar-refractivity contribution in [2.45, 2.75) is 26.0 Å². The summed E-state index contributed by atoms with van der Waals surface area (Å²) in [7, 11) is 0. The Balaban J connectivity index is 1.32. The van der Waals surface area contributed by atoms with E-state index in [-0.39, 0.29) is 24.9 Å². The second-order valence-corrected chi connectivity index (χ2v) is 8.43. The third-order valence-electron chi connectivity index (χ3n) is 5.37. The molecular weight excluding hydrogens is 457 g/mol. The van der Waals surface area contributed by atoms with E-state index in [0.717, 1.165) is 34.4 Å². The minimum absolute atomic E-state index is 0.157. The molecule has 1 fully saturated rings. The Morgan fingerprint density at radius 3 is 2.79 bits per heavy atom. The Morgan fingerprint density at radius 1 is 1.12 bits per heavy atom. The minimum Gasteiger partial charge on any atom is -0.487 e. The highest BCUT2D eigenvalue weighted by Gasteiger charge is 2.20. The molecule has 0 spiro atoms. The lowest BCUT2D eigenvalue weighted by Gasteiger charge is -2.16. The summed E-state index contributed by atoms with van der Waals surface area (Å²) >= 11 is 6.44. The molecule has 0 saturated carbocycles. The molecule has 0 radical (unpaired) electrons. The van der Waals surface area contributed by atoms with Gasteiger partial charge in [0.15, 0.2) is 6.35 Å². The first-order valence-electron chi connectivity index (χ1n) is 10.9. The molecule has 2 unspecified atom stereocenters. The predicted molar refractivity (Wildman–Crippen MR) is 131 cm³/mol. The van der Waals surface area contributed by atoms with Gasteiger partial charge in [0, 0.05) is 23.3 Å². The van der Waals surface area contributed by atoms with Crippen LogP contribution in [0.1, 0.15) is 12.5 Å². The fourth-order valence-electron chi connectivity index (χ4n) is 3.70. The zero-order valence-electron chi connectivity index (χ0n) is 18.4. The van der Waals surface area contributed by atoms with Crippen LogP contribution >= 0.6 is 11.6 Å². The van der Waals surface area contributed by atoms with Gasteiger partial charge in [0.05, 0.1) is 16.6 Å². The second-order valence-electron chi connectivity index (χ2n) is 8.02. The number of rotatable bonds is 7. The molecule has 0 aliphatic carbocycles.